The smallest absolute Gasteiger partial charge is 0.306 e. The molecule has 0 unspecified atom stereocenters. The lowest BCUT2D eigenvalue weighted by Gasteiger charge is -2.18. The van der Waals surface area contributed by atoms with Gasteiger partial charge < -0.3 is 14.2 Å². The Hall–Kier alpha value is -3.93. The van der Waals surface area contributed by atoms with Crippen LogP contribution in [0.25, 0.3) is 0 Å². The average molecular weight is 887 g/mol. The average Bonchev–Trinajstić information content (AvgIpc) is 3.29. The molecular formula is C58H94O6. The van der Waals surface area contributed by atoms with Crippen LogP contribution in [0.1, 0.15) is 220 Å². The largest absolute Gasteiger partial charge is 0.462 e. The highest BCUT2D eigenvalue weighted by Gasteiger charge is 2.19. The zero-order valence-electron chi connectivity index (χ0n) is 41.3. The van der Waals surface area contributed by atoms with E-state index in [-0.39, 0.29) is 37.5 Å². The molecule has 0 aromatic heterocycles. The normalized spacial score (nSPS) is 13.0. The van der Waals surface area contributed by atoms with Gasteiger partial charge in [0.05, 0.1) is 0 Å². The first kappa shape index (κ1) is 60.1. The first-order valence-electron chi connectivity index (χ1n) is 25.9. The number of carbonyl (C=O) groups excluding carboxylic acids is 3. The number of hydrogen-bond donors (Lipinski definition) is 0. The van der Waals surface area contributed by atoms with Crippen LogP contribution in [0.4, 0.5) is 0 Å². The fraction of sp³-hybridized carbons (Fsp3) is 0.638. The highest BCUT2D eigenvalue weighted by molar-refractivity contribution is 5.71. The van der Waals surface area contributed by atoms with Crippen molar-refractivity contribution in [3.63, 3.8) is 0 Å². The van der Waals surface area contributed by atoms with Crippen LogP contribution in [0, 0.1) is 0 Å². The van der Waals surface area contributed by atoms with Crippen LogP contribution in [0.15, 0.2) is 109 Å². The second-order valence-electron chi connectivity index (χ2n) is 16.7. The lowest BCUT2D eigenvalue weighted by atomic mass is 10.1. The molecule has 6 heteroatoms. The Morgan fingerprint density at radius 3 is 1.06 bits per heavy atom. The third-order valence-corrected chi connectivity index (χ3v) is 10.5. The van der Waals surface area contributed by atoms with E-state index in [1.54, 1.807) is 0 Å². The Morgan fingerprint density at radius 2 is 0.641 bits per heavy atom. The van der Waals surface area contributed by atoms with Crippen LogP contribution in [0.5, 0.6) is 0 Å². The van der Waals surface area contributed by atoms with Crippen molar-refractivity contribution in [3.8, 4) is 0 Å². The Labute approximate surface area is 393 Å². The summed E-state index contributed by atoms with van der Waals surface area (Å²) in [5.74, 6) is -1.00. The molecular weight excluding hydrogens is 793 g/mol. The molecule has 0 heterocycles. The van der Waals surface area contributed by atoms with E-state index < -0.39 is 6.10 Å². The van der Waals surface area contributed by atoms with E-state index in [0.717, 1.165) is 128 Å². The van der Waals surface area contributed by atoms with Crippen molar-refractivity contribution in [2.24, 2.45) is 0 Å². The van der Waals surface area contributed by atoms with Gasteiger partial charge in [-0.15, -0.1) is 0 Å². The first-order chi connectivity index (χ1) is 31.5. The molecule has 6 nitrogen and oxygen atoms in total. The molecule has 0 radical (unpaired) electrons. The van der Waals surface area contributed by atoms with Gasteiger partial charge in [0.25, 0.3) is 0 Å². The number of allylic oxidation sites excluding steroid dienone is 18. The van der Waals surface area contributed by atoms with Gasteiger partial charge >= 0.3 is 17.9 Å². The van der Waals surface area contributed by atoms with Gasteiger partial charge in [-0.2, -0.15) is 0 Å². The molecule has 362 valence electrons. The molecule has 0 aromatic rings. The van der Waals surface area contributed by atoms with Crippen molar-refractivity contribution in [2.75, 3.05) is 13.2 Å². The number of hydrogen-bond acceptors (Lipinski definition) is 6. The molecule has 0 aliphatic carbocycles. The lowest BCUT2D eigenvalue weighted by molar-refractivity contribution is -0.167. The van der Waals surface area contributed by atoms with E-state index in [1.165, 1.54) is 44.9 Å². The molecule has 0 saturated heterocycles. The predicted octanol–water partition coefficient (Wildman–Crippen LogP) is 17.1. The Balaban J connectivity index is 4.54. The monoisotopic (exact) mass is 887 g/mol. The lowest BCUT2D eigenvalue weighted by Crippen LogP contribution is -2.30. The molecule has 0 amide bonds. The summed E-state index contributed by atoms with van der Waals surface area (Å²) < 4.78 is 16.7. The van der Waals surface area contributed by atoms with Gasteiger partial charge in [-0.1, -0.05) is 194 Å². The zero-order chi connectivity index (χ0) is 46.5. The molecule has 64 heavy (non-hydrogen) atoms. The quantitative estimate of drug-likeness (QED) is 0.0262. The number of ether oxygens (including phenoxy) is 3. The second-order valence-corrected chi connectivity index (χ2v) is 16.7. The Morgan fingerprint density at radius 1 is 0.328 bits per heavy atom. The van der Waals surface area contributed by atoms with Crippen molar-refractivity contribution in [1.29, 1.82) is 0 Å². The summed E-state index contributed by atoms with van der Waals surface area (Å²) in [6.45, 7) is 6.37. The van der Waals surface area contributed by atoms with Crippen LogP contribution in [-0.4, -0.2) is 37.2 Å². The molecule has 0 saturated carbocycles. The van der Waals surface area contributed by atoms with Crippen LogP contribution in [-0.2, 0) is 28.6 Å². The molecule has 1 atom stereocenters. The summed E-state index contributed by atoms with van der Waals surface area (Å²) in [5.41, 5.74) is 0. The van der Waals surface area contributed by atoms with Gasteiger partial charge in [-0.3, -0.25) is 14.4 Å². The van der Waals surface area contributed by atoms with Crippen LogP contribution in [0.2, 0.25) is 0 Å². The van der Waals surface area contributed by atoms with Gasteiger partial charge in [-0.25, -0.2) is 0 Å². The molecule has 0 aliphatic heterocycles. The highest BCUT2D eigenvalue weighted by Crippen LogP contribution is 2.12. The third-order valence-electron chi connectivity index (χ3n) is 10.5. The summed E-state index contributed by atoms with van der Waals surface area (Å²) in [6, 6.07) is 0. The summed E-state index contributed by atoms with van der Waals surface area (Å²) in [7, 11) is 0. The third kappa shape index (κ3) is 49.1. The Kier molecular flexibility index (Phi) is 48.5. The minimum atomic E-state index is -0.816. The molecule has 0 aliphatic rings. The predicted molar refractivity (Wildman–Crippen MR) is 274 cm³/mol. The van der Waals surface area contributed by atoms with Gasteiger partial charge in [0.2, 0.25) is 0 Å². The number of esters is 3. The van der Waals surface area contributed by atoms with Gasteiger partial charge in [0.1, 0.15) is 13.2 Å². The first-order valence-corrected chi connectivity index (χ1v) is 25.9. The van der Waals surface area contributed by atoms with Gasteiger partial charge in [-0.05, 0) is 116 Å². The van der Waals surface area contributed by atoms with E-state index in [1.807, 2.05) is 0 Å². The van der Waals surface area contributed by atoms with E-state index in [4.69, 9.17) is 14.2 Å². The van der Waals surface area contributed by atoms with Crippen molar-refractivity contribution < 1.29 is 28.6 Å². The zero-order valence-corrected chi connectivity index (χ0v) is 41.3. The molecule has 0 spiro atoms. The minimum Gasteiger partial charge on any atom is -0.462 e. The van der Waals surface area contributed by atoms with Gasteiger partial charge in [0, 0.05) is 19.3 Å². The molecule has 0 bridgehead atoms. The minimum absolute atomic E-state index is 0.111. The fourth-order valence-electron chi connectivity index (χ4n) is 6.58. The van der Waals surface area contributed by atoms with Crippen molar-refractivity contribution >= 4 is 17.9 Å². The maximum atomic E-state index is 12.8. The van der Waals surface area contributed by atoms with Crippen LogP contribution in [0.3, 0.4) is 0 Å². The van der Waals surface area contributed by atoms with Crippen molar-refractivity contribution in [3.05, 3.63) is 109 Å². The molecule has 0 N–H and O–H groups in total. The van der Waals surface area contributed by atoms with Gasteiger partial charge in [0.15, 0.2) is 6.10 Å². The van der Waals surface area contributed by atoms with Crippen molar-refractivity contribution in [2.45, 2.75) is 226 Å². The Bertz CT molecular complexity index is 1340. The highest BCUT2D eigenvalue weighted by atomic mass is 16.6. The second kappa shape index (κ2) is 51.7. The fourth-order valence-corrected chi connectivity index (χ4v) is 6.58. The standard InChI is InChI=1S/C58H94O6/c1-4-7-10-13-16-19-22-25-28-29-31-33-36-39-42-45-48-51-57(60)63-54-55(53-62-56(59)50-47-44-41-38-35-32-27-24-21-18-15-12-9-6-3)64-58(61)52-49-46-43-40-37-34-30-26-23-20-17-14-11-8-5-2/h7,10,15-20,24-28,30-31,33,39,42,55H,4-6,8-9,11-14,21-23,29,32,34-38,40-41,43-54H2,1-3H3/b10-7+,18-15+,19-16+,20-17+,27-24+,28-25+,30-26+,33-31+,42-39+/t55-/m1/s1. The SMILES string of the molecule is CC/C=C/C/C=C/C/C=C/C/C=C/C/C=C/CCCC(=O)OC[C@@H](COC(=O)CCCCCCC/C=C/C/C=C/CCCC)OC(=O)CCCCCCC/C=C/C/C=C/CCCCC. The summed E-state index contributed by atoms with van der Waals surface area (Å²) in [6.07, 6.45) is 69.3. The number of unbranched alkanes of at least 4 members (excludes halogenated alkanes) is 16. The molecule has 0 aromatic carbocycles. The molecule has 0 rings (SSSR count). The van der Waals surface area contributed by atoms with Crippen LogP contribution < -0.4 is 0 Å². The van der Waals surface area contributed by atoms with E-state index in [2.05, 4.69) is 130 Å². The molecule has 0 fully saturated rings. The number of carbonyl (C=O) groups is 3. The van der Waals surface area contributed by atoms with E-state index in [9.17, 15) is 14.4 Å². The number of rotatable bonds is 45. The summed E-state index contributed by atoms with van der Waals surface area (Å²) in [4.78, 5) is 38.0. The van der Waals surface area contributed by atoms with E-state index >= 15 is 0 Å². The topological polar surface area (TPSA) is 78.9 Å². The van der Waals surface area contributed by atoms with Crippen LogP contribution >= 0.6 is 0 Å². The van der Waals surface area contributed by atoms with E-state index in [0.29, 0.717) is 19.3 Å². The maximum absolute atomic E-state index is 12.8. The summed E-state index contributed by atoms with van der Waals surface area (Å²) >= 11 is 0. The maximum Gasteiger partial charge on any atom is 0.306 e. The van der Waals surface area contributed by atoms with Crippen molar-refractivity contribution in [1.82, 2.24) is 0 Å². The summed E-state index contributed by atoms with van der Waals surface area (Å²) in [5, 5.41) is 0.